The van der Waals surface area contributed by atoms with Gasteiger partial charge in [0.25, 0.3) is 17.7 Å². The summed E-state index contributed by atoms with van der Waals surface area (Å²) in [5, 5.41) is 16.5. The maximum Gasteiger partial charge on any atom is 0.407 e. The fourth-order valence-corrected chi connectivity index (χ4v) is 8.61. The van der Waals surface area contributed by atoms with Crippen LogP contribution in [0.1, 0.15) is 81.3 Å². The highest BCUT2D eigenvalue weighted by Crippen LogP contribution is 2.30. The van der Waals surface area contributed by atoms with Gasteiger partial charge in [0.1, 0.15) is 30.5 Å². The summed E-state index contributed by atoms with van der Waals surface area (Å²) in [5.74, 6) is -2.44. The molecule has 0 spiro atoms. The Morgan fingerprint density at radius 3 is 2.27 bits per heavy atom. The maximum absolute atomic E-state index is 13.6. The Morgan fingerprint density at radius 2 is 1.57 bits per heavy atom. The van der Waals surface area contributed by atoms with Crippen LogP contribution in [0.5, 0.6) is 5.75 Å². The van der Waals surface area contributed by atoms with E-state index < -0.39 is 41.9 Å². The highest BCUT2D eigenvalue weighted by atomic mass is 16.5. The molecule has 2 aliphatic heterocycles. The molecule has 0 radical (unpaired) electrons. The zero-order chi connectivity index (χ0) is 54.8. The predicted octanol–water partition coefficient (Wildman–Crippen LogP) is 3.54. The molecule has 4 heterocycles. The second kappa shape index (κ2) is 27.2. The molecule has 1 saturated heterocycles. The molecule has 4 aromatic rings. The number of nitrogens with zero attached hydrogens (tertiary/aromatic N) is 5. The molecule has 7 rings (SSSR count). The number of morpholine rings is 1. The van der Waals surface area contributed by atoms with Crippen molar-refractivity contribution in [3.8, 4) is 17.0 Å². The molecule has 3 aliphatic rings. The predicted molar refractivity (Wildman–Crippen MR) is 283 cm³/mol. The van der Waals surface area contributed by atoms with Crippen LogP contribution in [0.3, 0.4) is 0 Å². The number of pyridine rings is 1. The summed E-state index contributed by atoms with van der Waals surface area (Å²) < 4.78 is 17.1. The molecule has 2 aromatic carbocycles. The molecule has 10 N–H and O–H groups in total. The van der Waals surface area contributed by atoms with Gasteiger partial charge in [0.05, 0.1) is 42.7 Å². The van der Waals surface area contributed by atoms with E-state index in [1.54, 1.807) is 74.8 Å². The lowest BCUT2D eigenvalue weighted by Gasteiger charge is -2.35. The van der Waals surface area contributed by atoms with E-state index in [-0.39, 0.29) is 79.8 Å². The molecular weight excluding hydrogens is 995 g/mol. The Kier molecular flexibility index (Phi) is 19.8. The van der Waals surface area contributed by atoms with E-state index in [1.165, 1.54) is 18.3 Å². The van der Waals surface area contributed by atoms with Crippen molar-refractivity contribution >= 4 is 70.4 Å². The quantitative estimate of drug-likeness (QED) is 0.0348. The molecule has 24 heteroatoms. The van der Waals surface area contributed by atoms with Gasteiger partial charge in [-0.15, -0.1) is 0 Å². The van der Waals surface area contributed by atoms with Gasteiger partial charge in [-0.05, 0) is 79.6 Å². The second-order valence-corrected chi connectivity index (χ2v) is 19.0. The van der Waals surface area contributed by atoms with Crippen LogP contribution in [0.2, 0.25) is 0 Å². The molecule has 0 unspecified atom stereocenters. The van der Waals surface area contributed by atoms with Crippen LogP contribution in [0, 0.1) is 5.92 Å². The molecular formula is C53H65N13O11. The summed E-state index contributed by atoms with van der Waals surface area (Å²) in [4.78, 5) is 117. The number of aromatic nitrogens is 3. The number of anilines is 4. The average molecular weight is 1060 g/mol. The topological polar surface area (TPSA) is 334 Å². The van der Waals surface area contributed by atoms with Crippen molar-refractivity contribution in [2.75, 3.05) is 60.7 Å². The second-order valence-electron chi connectivity index (χ2n) is 19.0. The minimum absolute atomic E-state index is 0.0170. The fraction of sp³-hybridized carbons (Fsp3) is 0.415. The number of hydrogen-bond acceptors (Lipinski definition) is 16. The number of nitrogens with one attached hydrogen (secondary N) is 6. The van der Waals surface area contributed by atoms with Crippen LogP contribution >= 0.6 is 0 Å². The molecule has 408 valence electrons. The fourth-order valence-electron chi connectivity index (χ4n) is 8.61. The van der Waals surface area contributed by atoms with E-state index in [9.17, 15) is 38.4 Å². The van der Waals surface area contributed by atoms with Crippen LogP contribution in [0.15, 0.2) is 85.3 Å². The Morgan fingerprint density at radius 1 is 0.844 bits per heavy atom. The lowest BCUT2D eigenvalue weighted by Crippen LogP contribution is -2.54. The van der Waals surface area contributed by atoms with Gasteiger partial charge >= 0.3 is 12.1 Å². The average Bonchev–Trinajstić information content (AvgIpc) is 3.73. The Hall–Kier alpha value is -8.67. The number of unbranched alkanes of at least 4 members (excludes halogenated alkanes) is 2. The highest BCUT2D eigenvalue weighted by Gasteiger charge is 2.33. The summed E-state index contributed by atoms with van der Waals surface area (Å²) in [5.41, 5.74) is 14.8. The number of urea groups is 1. The summed E-state index contributed by atoms with van der Waals surface area (Å²) in [7, 11) is 0. The smallest absolute Gasteiger partial charge is 0.407 e. The third-order valence-electron chi connectivity index (χ3n) is 12.9. The van der Waals surface area contributed by atoms with Gasteiger partial charge < -0.3 is 62.5 Å². The van der Waals surface area contributed by atoms with Crippen molar-refractivity contribution in [3.05, 3.63) is 96.6 Å². The van der Waals surface area contributed by atoms with Gasteiger partial charge in [0, 0.05) is 81.1 Å². The molecule has 24 nitrogen and oxygen atoms in total. The van der Waals surface area contributed by atoms with Gasteiger partial charge in [-0.25, -0.2) is 19.6 Å². The van der Waals surface area contributed by atoms with Crippen molar-refractivity contribution in [2.24, 2.45) is 11.7 Å². The van der Waals surface area contributed by atoms with E-state index in [0.29, 0.717) is 98.8 Å². The van der Waals surface area contributed by atoms with Gasteiger partial charge in [0.2, 0.25) is 17.7 Å². The van der Waals surface area contributed by atoms with Crippen LogP contribution < -0.4 is 53.0 Å². The maximum atomic E-state index is 13.6. The molecule has 9 amide bonds. The first-order valence-corrected chi connectivity index (χ1v) is 25.6. The zero-order valence-corrected chi connectivity index (χ0v) is 43.0. The van der Waals surface area contributed by atoms with Gasteiger partial charge in [0.15, 0.2) is 11.5 Å². The number of carbonyl (C=O) groups is 8. The monoisotopic (exact) mass is 1060 g/mol. The number of rotatable bonds is 25. The van der Waals surface area contributed by atoms with E-state index in [2.05, 4.69) is 51.8 Å². The standard InChI is InChI=1S/C53H65N13O11/c1-32(2)46(64-43(67)8-4-3-5-22-66-44(68)17-18-45(66)69)50(71)62-39(7-6-20-57-52(55)73)49(70)59-35-13-9-33(10-14-35)31-76-53(74)60-36-27-38(28-36)77-37-15-11-34(12-16-37)40-30-58-48(54)47(61-40)51(72)63-41-29-56-21-19-42(41)65-23-25-75-26-24-65/h9-19,21,29-30,32,36,38-39,46H,3-8,20,22-28,31H2,1-2H3,(H2,54,58)(H,59,70)(H,60,74)(H,62,71)(H,63,72)(H,64,67)(H3,55,57,73)/t36-,38-,39-,46-/m0/s1. The van der Waals surface area contributed by atoms with E-state index in [4.69, 9.17) is 25.7 Å². The number of hydrogen-bond donors (Lipinski definition) is 8. The van der Waals surface area contributed by atoms with Crippen molar-refractivity contribution in [1.82, 2.24) is 41.1 Å². The number of nitrogen functional groups attached to an aromatic ring is 1. The first-order chi connectivity index (χ1) is 37.1. The Balaban J connectivity index is 0.821. The Bertz CT molecular complexity index is 2760. The molecule has 2 aromatic heterocycles. The first kappa shape index (κ1) is 56.1. The highest BCUT2D eigenvalue weighted by molar-refractivity contribution is 6.13. The lowest BCUT2D eigenvalue weighted by atomic mass is 9.89. The van der Waals surface area contributed by atoms with Crippen LogP contribution in [-0.4, -0.2) is 131 Å². The van der Waals surface area contributed by atoms with Crippen LogP contribution in [0.25, 0.3) is 11.3 Å². The molecule has 1 saturated carbocycles. The summed E-state index contributed by atoms with van der Waals surface area (Å²) >= 11 is 0. The normalized spacial score (nSPS) is 16.7. The van der Waals surface area contributed by atoms with Gasteiger partial charge in [-0.3, -0.25) is 38.7 Å². The molecule has 2 atom stereocenters. The number of benzene rings is 2. The van der Waals surface area contributed by atoms with Crippen LogP contribution in [0.4, 0.5) is 32.5 Å². The SMILES string of the molecule is CC(C)[C@H](NC(=O)CCCCCN1C(=O)C=CC1=O)C(=O)N[C@@H](CCCNC(N)=O)C(=O)Nc1ccc(COC(=O)N[C@H]2C[C@H](Oc3ccc(-c4cnc(N)c(C(=O)Nc5cnccc5N5CCOCC5)n4)cc3)C2)cc1. The van der Waals surface area contributed by atoms with E-state index in [0.717, 1.165) is 10.6 Å². The number of ether oxygens (including phenoxy) is 3. The van der Waals surface area contributed by atoms with Gasteiger partial charge in [-0.2, -0.15) is 0 Å². The van der Waals surface area contributed by atoms with Crippen molar-refractivity contribution in [3.63, 3.8) is 0 Å². The van der Waals surface area contributed by atoms with Crippen molar-refractivity contribution < 1.29 is 52.6 Å². The number of nitrogens with two attached hydrogens (primary N) is 2. The molecule has 0 bridgehead atoms. The van der Waals surface area contributed by atoms with Crippen molar-refractivity contribution in [1.29, 1.82) is 0 Å². The third kappa shape index (κ3) is 16.4. The van der Waals surface area contributed by atoms with Gasteiger partial charge in [-0.1, -0.05) is 32.4 Å². The number of imide groups is 1. The number of primary amides is 1. The third-order valence-corrected chi connectivity index (χ3v) is 12.9. The summed E-state index contributed by atoms with van der Waals surface area (Å²) in [6.07, 6.45) is 9.68. The van der Waals surface area contributed by atoms with E-state index in [1.807, 2.05) is 6.07 Å². The first-order valence-electron chi connectivity index (χ1n) is 25.6. The molecule has 1 aliphatic carbocycles. The minimum atomic E-state index is -1.05. The largest absolute Gasteiger partial charge is 0.490 e. The summed E-state index contributed by atoms with van der Waals surface area (Å²) in [6, 6.07) is 12.7. The molecule has 2 fully saturated rings. The Labute approximate surface area is 444 Å². The number of carbonyl (C=O) groups excluding carboxylic acids is 8. The van der Waals surface area contributed by atoms with Crippen molar-refractivity contribution in [2.45, 2.75) is 96.1 Å². The minimum Gasteiger partial charge on any atom is -0.490 e. The number of amides is 9. The van der Waals surface area contributed by atoms with Crippen LogP contribution in [-0.2, 0) is 40.1 Å². The number of alkyl carbamates (subject to hydrolysis) is 1. The lowest BCUT2D eigenvalue weighted by molar-refractivity contribution is -0.137. The van der Waals surface area contributed by atoms with E-state index >= 15 is 0 Å². The molecule has 77 heavy (non-hydrogen) atoms. The zero-order valence-electron chi connectivity index (χ0n) is 43.0. The summed E-state index contributed by atoms with van der Waals surface area (Å²) in [6.45, 7) is 6.41.